The molecule has 0 aliphatic carbocycles. The number of aryl methyl sites for hydroxylation is 1. The van der Waals surface area contributed by atoms with Crippen molar-refractivity contribution in [1.82, 2.24) is 9.88 Å². The van der Waals surface area contributed by atoms with Gasteiger partial charge >= 0.3 is 0 Å². The van der Waals surface area contributed by atoms with Crippen LogP contribution < -0.4 is 4.74 Å². The third-order valence-electron chi connectivity index (χ3n) is 3.37. The van der Waals surface area contributed by atoms with Gasteiger partial charge in [-0.15, -0.1) is 11.8 Å². The fraction of sp³-hybridized carbons (Fsp3) is 0.294. The van der Waals surface area contributed by atoms with Crippen molar-refractivity contribution in [1.29, 1.82) is 0 Å². The van der Waals surface area contributed by atoms with E-state index >= 15 is 0 Å². The van der Waals surface area contributed by atoms with Crippen LogP contribution in [0, 0.1) is 6.92 Å². The Balaban J connectivity index is 1.90. The molecular formula is C17H20N2O2S. The van der Waals surface area contributed by atoms with E-state index in [1.54, 1.807) is 18.2 Å². The summed E-state index contributed by atoms with van der Waals surface area (Å²) in [6.45, 7) is 2.61. The molecule has 5 heteroatoms. The van der Waals surface area contributed by atoms with Crippen LogP contribution in [0.3, 0.4) is 0 Å². The van der Waals surface area contributed by atoms with E-state index in [4.69, 9.17) is 4.74 Å². The summed E-state index contributed by atoms with van der Waals surface area (Å²) in [6, 6.07) is 9.69. The highest BCUT2D eigenvalue weighted by Gasteiger charge is 2.11. The average Bonchev–Trinajstić information content (AvgIpc) is 2.54. The summed E-state index contributed by atoms with van der Waals surface area (Å²) in [7, 11) is 3.47. The molecule has 0 N–H and O–H groups in total. The minimum atomic E-state index is 0.101. The lowest BCUT2D eigenvalue weighted by Gasteiger charge is -2.18. The standard InChI is InChI=1S/C17H20N2O2S/c1-13-10-18-8-7-14(13)11-19(2)17(20)12-22-16-6-4-5-15(9-16)21-3/h4-10H,11-12H2,1-3H3. The van der Waals surface area contributed by atoms with Gasteiger partial charge in [0.15, 0.2) is 0 Å². The summed E-state index contributed by atoms with van der Waals surface area (Å²) < 4.78 is 5.19. The molecule has 1 heterocycles. The van der Waals surface area contributed by atoms with Crippen molar-refractivity contribution >= 4 is 17.7 Å². The van der Waals surface area contributed by atoms with E-state index in [2.05, 4.69) is 4.98 Å². The number of benzene rings is 1. The number of aromatic nitrogens is 1. The van der Waals surface area contributed by atoms with Crippen LogP contribution in [0.4, 0.5) is 0 Å². The molecule has 1 aromatic heterocycles. The Morgan fingerprint density at radius 2 is 2.18 bits per heavy atom. The SMILES string of the molecule is COc1cccc(SCC(=O)N(C)Cc2ccncc2C)c1. The van der Waals surface area contributed by atoms with Crippen LogP contribution in [-0.2, 0) is 11.3 Å². The van der Waals surface area contributed by atoms with Crippen LogP contribution in [0.15, 0.2) is 47.6 Å². The van der Waals surface area contributed by atoms with Crippen molar-refractivity contribution in [3.05, 3.63) is 53.9 Å². The van der Waals surface area contributed by atoms with Crippen LogP contribution in [0.5, 0.6) is 5.75 Å². The van der Waals surface area contributed by atoms with E-state index < -0.39 is 0 Å². The highest BCUT2D eigenvalue weighted by atomic mass is 32.2. The van der Waals surface area contributed by atoms with Gasteiger partial charge in [0.1, 0.15) is 5.75 Å². The highest BCUT2D eigenvalue weighted by molar-refractivity contribution is 8.00. The van der Waals surface area contributed by atoms with Gasteiger partial charge in [0, 0.05) is 30.9 Å². The van der Waals surface area contributed by atoms with E-state index in [1.165, 1.54) is 11.8 Å². The summed E-state index contributed by atoms with van der Waals surface area (Å²) in [5.41, 5.74) is 2.22. The first-order valence-electron chi connectivity index (χ1n) is 7.00. The quantitative estimate of drug-likeness (QED) is 0.768. The van der Waals surface area contributed by atoms with Crippen LogP contribution in [0.1, 0.15) is 11.1 Å². The van der Waals surface area contributed by atoms with Crippen molar-refractivity contribution < 1.29 is 9.53 Å². The molecule has 4 nitrogen and oxygen atoms in total. The Labute approximate surface area is 135 Å². The number of carbonyl (C=O) groups is 1. The number of hydrogen-bond acceptors (Lipinski definition) is 4. The molecule has 0 atom stereocenters. The van der Waals surface area contributed by atoms with E-state index in [0.29, 0.717) is 12.3 Å². The Morgan fingerprint density at radius 1 is 1.36 bits per heavy atom. The number of nitrogens with zero attached hydrogens (tertiary/aromatic N) is 2. The van der Waals surface area contributed by atoms with Gasteiger partial charge in [0.2, 0.25) is 5.91 Å². The van der Waals surface area contributed by atoms with Crippen molar-refractivity contribution in [3.8, 4) is 5.75 Å². The molecule has 0 saturated heterocycles. The van der Waals surface area contributed by atoms with Crippen molar-refractivity contribution in [2.45, 2.75) is 18.4 Å². The average molecular weight is 316 g/mol. The summed E-state index contributed by atoms with van der Waals surface area (Å²) in [5, 5.41) is 0. The number of thioether (sulfide) groups is 1. The zero-order valence-corrected chi connectivity index (χ0v) is 13.9. The van der Waals surface area contributed by atoms with Crippen LogP contribution in [0.2, 0.25) is 0 Å². The van der Waals surface area contributed by atoms with Crippen molar-refractivity contribution in [3.63, 3.8) is 0 Å². The lowest BCUT2D eigenvalue weighted by atomic mass is 10.1. The molecule has 116 valence electrons. The Hall–Kier alpha value is -2.01. The molecular weight excluding hydrogens is 296 g/mol. The molecule has 0 aliphatic rings. The van der Waals surface area contributed by atoms with Gasteiger partial charge in [-0.3, -0.25) is 9.78 Å². The smallest absolute Gasteiger partial charge is 0.232 e. The number of pyridine rings is 1. The number of methoxy groups -OCH3 is 1. The fourth-order valence-corrected chi connectivity index (χ4v) is 2.85. The topological polar surface area (TPSA) is 42.4 Å². The van der Waals surface area contributed by atoms with Crippen LogP contribution >= 0.6 is 11.8 Å². The molecule has 2 rings (SSSR count). The molecule has 1 amide bonds. The number of amides is 1. The number of rotatable bonds is 6. The van der Waals surface area contributed by atoms with E-state index in [9.17, 15) is 4.79 Å². The molecule has 0 radical (unpaired) electrons. The summed E-state index contributed by atoms with van der Waals surface area (Å²) in [5.74, 6) is 1.32. The van der Waals surface area contributed by atoms with Gasteiger partial charge in [0.05, 0.1) is 12.9 Å². The lowest BCUT2D eigenvalue weighted by Crippen LogP contribution is -2.28. The maximum Gasteiger partial charge on any atom is 0.232 e. The molecule has 22 heavy (non-hydrogen) atoms. The number of hydrogen-bond donors (Lipinski definition) is 0. The molecule has 0 spiro atoms. The summed E-state index contributed by atoms with van der Waals surface area (Å²) in [6.07, 6.45) is 3.57. The number of ether oxygens (including phenoxy) is 1. The third-order valence-corrected chi connectivity index (χ3v) is 4.35. The molecule has 0 bridgehead atoms. The molecule has 0 unspecified atom stereocenters. The van der Waals surface area contributed by atoms with E-state index in [0.717, 1.165) is 21.8 Å². The Bertz CT molecular complexity index is 646. The first-order valence-corrected chi connectivity index (χ1v) is 7.99. The van der Waals surface area contributed by atoms with Gasteiger partial charge in [0.25, 0.3) is 0 Å². The zero-order valence-electron chi connectivity index (χ0n) is 13.1. The predicted octanol–water partition coefficient (Wildman–Crippen LogP) is 3.15. The third kappa shape index (κ3) is 4.49. The highest BCUT2D eigenvalue weighted by Crippen LogP contribution is 2.23. The first-order chi connectivity index (χ1) is 10.6. The summed E-state index contributed by atoms with van der Waals surface area (Å²) >= 11 is 1.52. The first kappa shape index (κ1) is 16.4. The molecule has 0 fully saturated rings. The minimum absolute atomic E-state index is 0.101. The molecule has 0 saturated carbocycles. The molecule has 2 aromatic rings. The van der Waals surface area contributed by atoms with Gasteiger partial charge in [-0.05, 0) is 42.3 Å². The molecule has 1 aromatic carbocycles. The zero-order chi connectivity index (χ0) is 15.9. The maximum absolute atomic E-state index is 12.2. The lowest BCUT2D eigenvalue weighted by molar-refractivity contribution is -0.127. The predicted molar refractivity (Wildman–Crippen MR) is 89.2 cm³/mol. The van der Waals surface area contributed by atoms with Crippen LogP contribution in [-0.4, -0.2) is 35.7 Å². The maximum atomic E-state index is 12.2. The van der Waals surface area contributed by atoms with Crippen molar-refractivity contribution in [2.24, 2.45) is 0 Å². The second-order valence-corrected chi connectivity index (χ2v) is 6.07. The molecule has 0 aliphatic heterocycles. The number of carbonyl (C=O) groups excluding carboxylic acids is 1. The fourth-order valence-electron chi connectivity index (χ4n) is 1.97. The van der Waals surface area contributed by atoms with Crippen molar-refractivity contribution in [2.75, 3.05) is 19.9 Å². The van der Waals surface area contributed by atoms with Gasteiger partial charge in [-0.25, -0.2) is 0 Å². The Morgan fingerprint density at radius 3 is 2.91 bits per heavy atom. The second-order valence-electron chi connectivity index (χ2n) is 5.02. The van der Waals surface area contributed by atoms with Gasteiger partial charge in [-0.1, -0.05) is 6.07 Å². The largest absolute Gasteiger partial charge is 0.497 e. The Kier molecular flexibility index (Phi) is 5.83. The normalized spacial score (nSPS) is 10.3. The second kappa shape index (κ2) is 7.84. The minimum Gasteiger partial charge on any atom is -0.497 e. The van der Waals surface area contributed by atoms with Gasteiger partial charge < -0.3 is 9.64 Å². The van der Waals surface area contributed by atoms with E-state index in [1.807, 2.05) is 50.5 Å². The summed E-state index contributed by atoms with van der Waals surface area (Å²) in [4.78, 5) is 19.1. The van der Waals surface area contributed by atoms with E-state index in [-0.39, 0.29) is 5.91 Å². The monoisotopic (exact) mass is 316 g/mol. The van der Waals surface area contributed by atoms with Crippen LogP contribution in [0.25, 0.3) is 0 Å². The van der Waals surface area contributed by atoms with Gasteiger partial charge in [-0.2, -0.15) is 0 Å².